The van der Waals surface area contributed by atoms with Crippen molar-refractivity contribution < 1.29 is 9.53 Å². The Kier molecular flexibility index (Phi) is 4.16. The second-order valence-corrected chi connectivity index (χ2v) is 5.31. The summed E-state index contributed by atoms with van der Waals surface area (Å²) in [5.74, 6) is 0.402. The van der Waals surface area contributed by atoms with Crippen LogP contribution >= 0.6 is 11.6 Å². The number of anilines is 1. The molecule has 2 aromatic heterocycles. The van der Waals surface area contributed by atoms with E-state index in [-0.39, 0.29) is 5.91 Å². The number of aromatic nitrogens is 3. The van der Waals surface area contributed by atoms with Crippen molar-refractivity contribution in [3.05, 3.63) is 47.1 Å². The van der Waals surface area contributed by atoms with Gasteiger partial charge in [0, 0.05) is 18.3 Å². The van der Waals surface area contributed by atoms with Crippen LogP contribution in [0, 0.1) is 0 Å². The molecule has 23 heavy (non-hydrogen) atoms. The van der Waals surface area contributed by atoms with E-state index in [1.165, 1.54) is 0 Å². The molecule has 0 aliphatic heterocycles. The Bertz CT molecular complexity index is 876. The van der Waals surface area contributed by atoms with Gasteiger partial charge in [0.1, 0.15) is 5.56 Å². The summed E-state index contributed by atoms with van der Waals surface area (Å²) < 4.78 is 7.18. The normalized spacial score (nSPS) is 10.7. The molecule has 3 rings (SSSR count). The highest BCUT2D eigenvalue weighted by atomic mass is 35.5. The SMILES string of the molecule is CCOc1ncccc1C(=O)Nc1nc2cc(Cl)ccc2n1C. The predicted octanol–water partition coefficient (Wildman–Crippen LogP) is 3.27. The van der Waals surface area contributed by atoms with Crippen LogP contribution in [0.3, 0.4) is 0 Å². The molecule has 0 fully saturated rings. The Morgan fingerprint density at radius 1 is 1.39 bits per heavy atom. The predicted molar refractivity (Wildman–Crippen MR) is 89.1 cm³/mol. The van der Waals surface area contributed by atoms with Gasteiger partial charge in [-0.05, 0) is 37.3 Å². The monoisotopic (exact) mass is 330 g/mol. The molecule has 2 heterocycles. The van der Waals surface area contributed by atoms with Crippen LogP contribution < -0.4 is 10.1 Å². The van der Waals surface area contributed by atoms with Crippen molar-refractivity contribution in [1.82, 2.24) is 14.5 Å². The number of rotatable bonds is 4. The molecule has 0 spiro atoms. The van der Waals surface area contributed by atoms with E-state index in [1.807, 2.05) is 20.0 Å². The van der Waals surface area contributed by atoms with Crippen LogP contribution in [-0.2, 0) is 7.05 Å². The number of hydrogen-bond donors (Lipinski definition) is 1. The first-order valence-electron chi connectivity index (χ1n) is 7.11. The van der Waals surface area contributed by atoms with Crippen LogP contribution in [0.4, 0.5) is 5.95 Å². The van der Waals surface area contributed by atoms with Gasteiger partial charge in [0.25, 0.3) is 5.91 Å². The second kappa shape index (κ2) is 6.26. The molecule has 1 amide bonds. The molecule has 0 atom stereocenters. The van der Waals surface area contributed by atoms with Crippen molar-refractivity contribution in [1.29, 1.82) is 0 Å². The van der Waals surface area contributed by atoms with Gasteiger partial charge >= 0.3 is 0 Å². The number of amides is 1. The van der Waals surface area contributed by atoms with Gasteiger partial charge in [-0.25, -0.2) is 9.97 Å². The first-order valence-corrected chi connectivity index (χ1v) is 7.49. The third-order valence-corrected chi connectivity index (χ3v) is 3.60. The van der Waals surface area contributed by atoms with Crippen molar-refractivity contribution >= 4 is 34.5 Å². The molecule has 1 aromatic carbocycles. The molecule has 0 aliphatic rings. The van der Waals surface area contributed by atoms with E-state index < -0.39 is 0 Å². The highest BCUT2D eigenvalue weighted by Crippen LogP contribution is 2.23. The van der Waals surface area contributed by atoms with Gasteiger partial charge in [-0.2, -0.15) is 0 Å². The van der Waals surface area contributed by atoms with Gasteiger partial charge in [-0.3, -0.25) is 10.1 Å². The van der Waals surface area contributed by atoms with Crippen LogP contribution in [0.25, 0.3) is 11.0 Å². The number of carbonyl (C=O) groups is 1. The molecule has 0 radical (unpaired) electrons. The van der Waals surface area contributed by atoms with Crippen LogP contribution in [0.1, 0.15) is 17.3 Å². The van der Waals surface area contributed by atoms with Crippen molar-refractivity contribution in [2.45, 2.75) is 6.92 Å². The third-order valence-electron chi connectivity index (χ3n) is 3.37. The van der Waals surface area contributed by atoms with Crippen LogP contribution in [-0.4, -0.2) is 27.0 Å². The van der Waals surface area contributed by atoms with Gasteiger partial charge in [0.2, 0.25) is 11.8 Å². The molecule has 6 nitrogen and oxygen atoms in total. The molecule has 1 N–H and O–H groups in total. The Labute approximate surface area is 138 Å². The second-order valence-electron chi connectivity index (χ2n) is 4.87. The Balaban J connectivity index is 1.93. The average Bonchev–Trinajstić information content (AvgIpc) is 2.83. The van der Waals surface area contributed by atoms with E-state index in [0.717, 1.165) is 5.52 Å². The molecule has 0 aliphatic carbocycles. The van der Waals surface area contributed by atoms with Crippen molar-refractivity contribution in [2.24, 2.45) is 7.05 Å². The van der Waals surface area contributed by atoms with E-state index >= 15 is 0 Å². The third kappa shape index (κ3) is 2.98. The van der Waals surface area contributed by atoms with E-state index in [9.17, 15) is 4.79 Å². The van der Waals surface area contributed by atoms with Gasteiger partial charge in [0.15, 0.2) is 0 Å². The molecular formula is C16H15ClN4O2. The molecule has 7 heteroatoms. The largest absolute Gasteiger partial charge is 0.477 e. The maximum atomic E-state index is 12.5. The highest BCUT2D eigenvalue weighted by Gasteiger charge is 2.16. The lowest BCUT2D eigenvalue weighted by molar-refractivity contribution is 0.102. The number of hydrogen-bond acceptors (Lipinski definition) is 4. The van der Waals surface area contributed by atoms with Gasteiger partial charge in [-0.15, -0.1) is 0 Å². The number of benzene rings is 1. The van der Waals surface area contributed by atoms with Crippen molar-refractivity contribution in [3.63, 3.8) is 0 Å². The maximum absolute atomic E-state index is 12.5. The zero-order chi connectivity index (χ0) is 16.4. The van der Waals surface area contributed by atoms with Gasteiger partial charge < -0.3 is 9.30 Å². The Morgan fingerprint density at radius 3 is 3.00 bits per heavy atom. The van der Waals surface area contributed by atoms with E-state index in [0.29, 0.717) is 34.5 Å². The molecule has 3 aromatic rings. The van der Waals surface area contributed by atoms with Gasteiger partial charge in [-0.1, -0.05) is 11.6 Å². The number of imidazole rings is 1. The summed E-state index contributed by atoms with van der Waals surface area (Å²) in [6.45, 7) is 2.27. The summed E-state index contributed by atoms with van der Waals surface area (Å²) in [5, 5.41) is 3.38. The minimum Gasteiger partial charge on any atom is -0.477 e. The quantitative estimate of drug-likeness (QED) is 0.797. The first-order chi connectivity index (χ1) is 11.1. The molecule has 0 saturated carbocycles. The number of pyridine rings is 1. The zero-order valence-electron chi connectivity index (χ0n) is 12.7. The number of fused-ring (bicyclic) bond motifs is 1. The minimum atomic E-state index is -0.328. The molecule has 118 valence electrons. The lowest BCUT2D eigenvalue weighted by Gasteiger charge is -2.09. The number of nitrogens with one attached hydrogen (secondary N) is 1. The van der Waals surface area contributed by atoms with Crippen LogP contribution in [0.15, 0.2) is 36.5 Å². The number of carbonyl (C=O) groups excluding carboxylic acids is 1. The fourth-order valence-electron chi connectivity index (χ4n) is 2.27. The van der Waals surface area contributed by atoms with Crippen molar-refractivity contribution in [3.8, 4) is 5.88 Å². The summed E-state index contributed by atoms with van der Waals surface area (Å²) in [5.41, 5.74) is 1.95. The summed E-state index contributed by atoms with van der Waals surface area (Å²) in [6, 6.07) is 8.74. The standard InChI is InChI=1S/C16H15ClN4O2/c1-3-23-15-11(5-4-8-18-15)14(22)20-16-19-12-9-10(17)6-7-13(12)21(16)2/h4-9H,3H2,1-2H3,(H,19,20,22). The zero-order valence-corrected chi connectivity index (χ0v) is 13.5. The Hall–Kier alpha value is -2.60. The van der Waals surface area contributed by atoms with E-state index in [4.69, 9.17) is 16.3 Å². The minimum absolute atomic E-state index is 0.300. The average molecular weight is 331 g/mol. The lowest BCUT2D eigenvalue weighted by Crippen LogP contribution is -2.16. The maximum Gasteiger partial charge on any atom is 0.263 e. The van der Waals surface area contributed by atoms with Gasteiger partial charge in [0.05, 0.1) is 17.6 Å². The first kappa shape index (κ1) is 15.3. The highest BCUT2D eigenvalue weighted by molar-refractivity contribution is 6.31. The summed E-state index contributed by atoms with van der Waals surface area (Å²) in [4.78, 5) is 21.0. The number of halogens is 1. The number of aryl methyl sites for hydroxylation is 1. The number of ether oxygens (including phenoxy) is 1. The Morgan fingerprint density at radius 2 is 2.22 bits per heavy atom. The number of nitrogens with zero attached hydrogens (tertiary/aromatic N) is 3. The fraction of sp³-hybridized carbons (Fsp3) is 0.188. The summed E-state index contributed by atoms with van der Waals surface area (Å²) in [6.07, 6.45) is 1.58. The van der Waals surface area contributed by atoms with Crippen molar-refractivity contribution in [2.75, 3.05) is 11.9 Å². The topological polar surface area (TPSA) is 69.0 Å². The molecule has 0 bridgehead atoms. The van der Waals surface area contributed by atoms with E-state index in [2.05, 4.69) is 15.3 Å². The molecular weight excluding hydrogens is 316 g/mol. The molecule has 0 unspecified atom stereocenters. The lowest BCUT2D eigenvalue weighted by atomic mass is 10.2. The van der Waals surface area contributed by atoms with Crippen LogP contribution in [0.5, 0.6) is 5.88 Å². The summed E-state index contributed by atoms with van der Waals surface area (Å²) in [7, 11) is 1.82. The molecule has 0 saturated heterocycles. The smallest absolute Gasteiger partial charge is 0.263 e. The summed E-state index contributed by atoms with van der Waals surface area (Å²) >= 11 is 5.98. The fourth-order valence-corrected chi connectivity index (χ4v) is 2.44. The van der Waals surface area contributed by atoms with Crippen LogP contribution in [0.2, 0.25) is 5.02 Å². The van der Waals surface area contributed by atoms with E-state index in [1.54, 1.807) is 35.0 Å².